The van der Waals surface area contributed by atoms with Crippen LogP contribution in [0, 0.1) is 4.78 Å². The monoisotopic (exact) mass is 323 g/mol. The Morgan fingerprint density at radius 3 is 2.33 bits per heavy atom. The Hall–Kier alpha value is -0.850. The summed E-state index contributed by atoms with van der Waals surface area (Å²) in [6, 6.07) is 0. The predicted octanol–water partition coefficient (Wildman–Crippen LogP) is -0.484. The number of hydrogen-bond donors (Lipinski definition) is 4. The van der Waals surface area contributed by atoms with E-state index >= 15 is 0 Å². The molecule has 0 aromatic carbocycles. The predicted molar refractivity (Wildman–Crippen MR) is 64.4 cm³/mol. The highest BCUT2D eigenvalue weighted by Gasteiger charge is 2.21. The Balaban J connectivity index is 4.41. The van der Waals surface area contributed by atoms with Crippen LogP contribution in [-0.2, 0) is 35.4 Å². The van der Waals surface area contributed by atoms with Crippen molar-refractivity contribution < 1.29 is 36.3 Å². The maximum Gasteiger partial charge on any atom is 0.310 e. The van der Waals surface area contributed by atoms with Crippen LogP contribution in [0.5, 0.6) is 0 Å². The summed E-state index contributed by atoms with van der Waals surface area (Å²) in [4.78, 5) is 0. The summed E-state index contributed by atoms with van der Waals surface area (Å²) in [5, 5.41) is 14.6. The lowest BCUT2D eigenvalue weighted by Crippen LogP contribution is -2.23. The van der Waals surface area contributed by atoms with E-state index in [2.05, 4.69) is 4.74 Å². The number of sulfone groups is 1. The third-order valence-corrected chi connectivity index (χ3v) is 7.44. The number of hydrogen-bond acceptors (Lipinski definition) is 8. The Labute approximate surface area is 107 Å². The highest BCUT2D eigenvalue weighted by molar-refractivity contribution is 8.13. The van der Waals surface area contributed by atoms with Gasteiger partial charge in [-0.3, -0.25) is 4.78 Å². The number of nitrogens with one attached hydrogen (secondary N) is 1. The van der Waals surface area contributed by atoms with Crippen molar-refractivity contribution >= 4 is 30.6 Å². The van der Waals surface area contributed by atoms with Crippen LogP contribution < -0.4 is 0 Å². The van der Waals surface area contributed by atoms with Crippen LogP contribution in [0.4, 0.5) is 0 Å². The SMILES string of the molecule is N=S(=O)(CS(=O)O)CS(=O)(=O)CCOC=C(O)O. The molecule has 4 N–H and O–H groups in total. The lowest BCUT2D eigenvalue weighted by molar-refractivity contribution is 0.151. The molecule has 0 aliphatic carbocycles. The van der Waals surface area contributed by atoms with Crippen LogP contribution in [0.1, 0.15) is 0 Å². The molecule has 9 nitrogen and oxygen atoms in total. The van der Waals surface area contributed by atoms with Crippen molar-refractivity contribution in [2.24, 2.45) is 0 Å². The van der Waals surface area contributed by atoms with Crippen molar-refractivity contribution in [1.29, 1.82) is 4.78 Å². The second kappa shape index (κ2) is 6.92. The van der Waals surface area contributed by atoms with Crippen LogP contribution >= 0.6 is 0 Å². The maximum atomic E-state index is 11.4. The number of rotatable bonds is 8. The molecule has 0 amide bonds. The molecule has 0 fully saturated rings. The minimum absolute atomic E-state index is 0.426. The number of aliphatic hydroxyl groups excluding tert-OH is 1. The second-order valence-electron chi connectivity index (χ2n) is 3.16. The van der Waals surface area contributed by atoms with Gasteiger partial charge in [0.1, 0.15) is 16.8 Å². The molecule has 0 aliphatic rings. The highest BCUT2D eigenvalue weighted by atomic mass is 32.3. The van der Waals surface area contributed by atoms with E-state index < -0.39 is 59.1 Å². The molecule has 0 rings (SSSR count). The van der Waals surface area contributed by atoms with Gasteiger partial charge < -0.3 is 19.5 Å². The molecule has 18 heavy (non-hydrogen) atoms. The molecule has 0 aliphatic heterocycles. The largest absolute Gasteiger partial charge is 0.493 e. The summed E-state index contributed by atoms with van der Waals surface area (Å²) >= 11 is -2.52. The van der Waals surface area contributed by atoms with Crippen LogP contribution in [0.25, 0.3) is 0 Å². The van der Waals surface area contributed by atoms with E-state index in [1.165, 1.54) is 0 Å². The molecule has 0 saturated heterocycles. The zero-order chi connectivity index (χ0) is 14.4. The van der Waals surface area contributed by atoms with E-state index in [1.54, 1.807) is 0 Å². The lowest BCUT2D eigenvalue weighted by Gasteiger charge is -2.06. The van der Waals surface area contributed by atoms with Crippen molar-refractivity contribution in [3.8, 4) is 0 Å². The zero-order valence-corrected chi connectivity index (χ0v) is 11.5. The molecule has 0 heterocycles. The number of aliphatic hydroxyl groups is 2. The van der Waals surface area contributed by atoms with Crippen molar-refractivity contribution in [2.45, 2.75) is 0 Å². The van der Waals surface area contributed by atoms with Crippen molar-refractivity contribution in [2.75, 3.05) is 22.5 Å². The molecule has 0 saturated carbocycles. The Bertz CT molecular complexity index is 515. The summed E-state index contributed by atoms with van der Waals surface area (Å²) in [6.07, 6.45) is 0.510. The third-order valence-electron chi connectivity index (χ3n) is 1.36. The van der Waals surface area contributed by atoms with Gasteiger partial charge in [-0.25, -0.2) is 16.8 Å². The maximum absolute atomic E-state index is 11.4. The van der Waals surface area contributed by atoms with Gasteiger partial charge in [0.2, 0.25) is 0 Å². The first-order valence-electron chi connectivity index (χ1n) is 4.26. The molecular formula is C6H13NO8S3. The van der Waals surface area contributed by atoms with E-state index in [-0.39, 0.29) is 0 Å². The fourth-order valence-corrected chi connectivity index (χ4v) is 6.18. The normalized spacial score (nSPS) is 16.5. The van der Waals surface area contributed by atoms with Gasteiger partial charge in [-0.2, -0.15) is 0 Å². The average molecular weight is 323 g/mol. The van der Waals surface area contributed by atoms with Gasteiger partial charge in [0.15, 0.2) is 27.2 Å². The number of ether oxygens (including phenoxy) is 1. The molecule has 0 radical (unpaired) electrons. The molecule has 2 unspecified atom stereocenters. The van der Waals surface area contributed by atoms with Crippen LogP contribution in [0.15, 0.2) is 12.2 Å². The minimum Gasteiger partial charge on any atom is -0.493 e. The second-order valence-corrected chi connectivity index (χ2v) is 9.21. The average Bonchev–Trinajstić information content (AvgIpc) is 2.07. The van der Waals surface area contributed by atoms with Crippen LogP contribution in [-0.4, -0.2) is 54.1 Å². The molecule has 108 valence electrons. The minimum atomic E-state index is -3.91. The fraction of sp³-hybridized carbons (Fsp3) is 0.667. The van der Waals surface area contributed by atoms with Crippen LogP contribution in [0.2, 0.25) is 0 Å². The topological polar surface area (TPSA) is 162 Å². The summed E-state index contributed by atoms with van der Waals surface area (Å²) < 4.78 is 64.4. The van der Waals surface area contributed by atoms with E-state index in [9.17, 15) is 16.8 Å². The summed E-state index contributed by atoms with van der Waals surface area (Å²) in [6.45, 7) is -0.426. The summed E-state index contributed by atoms with van der Waals surface area (Å²) in [7, 11) is -7.61. The molecule has 0 bridgehead atoms. The van der Waals surface area contributed by atoms with Gasteiger partial charge in [0.05, 0.1) is 15.5 Å². The zero-order valence-electron chi connectivity index (χ0n) is 9.01. The third kappa shape index (κ3) is 9.21. The van der Waals surface area contributed by atoms with Gasteiger partial charge in [-0.05, 0) is 0 Å². The Kier molecular flexibility index (Phi) is 6.59. The van der Waals surface area contributed by atoms with Crippen molar-refractivity contribution in [3.63, 3.8) is 0 Å². The first-order chi connectivity index (χ1) is 8.04. The van der Waals surface area contributed by atoms with Crippen LogP contribution in [0.3, 0.4) is 0 Å². The molecule has 12 heteroatoms. The smallest absolute Gasteiger partial charge is 0.310 e. The quantitative estimate of drug-likeness (QED) is 0.264. The van der Waals surface area contributed by atoms with Crippen molar-refractivity contribution in [3.05, 3.63) is 12.2 Å². The van der Waals surface area contributed by atoms with E-state index in [1.807, 2.05) is 0 Å². The molecular weight excluding hydrogens is 310 g/mol. The van der Waals surface area contributed by atoms with Crippen molar-refractivity contribution in [1.82, 2.24) is 0 Å². The first kappa shape index (κ1) is 17.2. The molecule has 0 spiro atoms. The van der Waals surface area contributed by atoms with E-state index in [4.69, 9.17) is 19.5 Å². The van der Waals surface area contributed by atoms with E-state index in [0.29, 0.717) is 6.26 Å². The van der Waals surface area contributed by atoms with Gasteiger partial charge in [-0.1, -0.05) is 0 Å². The molecule has 0 aromatic heterocycles. The fourth-order valence-electron chi connectivity index (χ4n) is 0.854. The van der Waals surface area contributed by atoms with Gasteiger partial charge in [-0.15, -0.1) is 0 Å². The Morgan fingerprint density at radius 2 is 1.89 bits per heavy atom. The van der Waals surface area contributed by atoms with Gasteiger partial charge >= 0.3 is 5.95 Å². The van der Waals surface area contributed by atoms with Gasteiger partial charge in [0, 0.05) is 0 Å². The van der Waals surface area contributed by atoms with Gasteiger partial charge in [0.25, 0.3) is 0 Å². The lowest BCUT2D eigenvalue weighted by atomic mass is 10.8. The highest BCUT2D eigenvalue weighted by Crippen LogP contribution is 2.02. The Morgan fingerprint density at radius 1 is 1.33 bits per heavy atom. The summed E-state index contributed by atoms with van der Waals surface area (Å²) in [5.74, 6) is -1.74. The first-order valence-corrected chi connectivity index (χ1v) is 9.25. The standard InChI is InChI=1S/C6H13NO8S3/c7-17(12,4-16(10)11)5-18(13,14)2-1-15-3-6(8)9/h3,7-9H,1-2,4-5H2,(H,10,11). The molecule has 2 atom stereocenters. The molecule has 0 aromatic rings. The summed E-state index contributed by atoms with van der Waals surface area (Å²) in [5.41, 5.74) is 0. The van der Waals surface area contributed by atoms with E-state index in [0.717, 1.165) is 0 Å².